The van der Waals surface area contributed by atoms with E-state index in [1.165, 1.54) is 0 Å². The van der Waals surface area contributed by atoms with Crippen LogP contribution in [0.1, 0.15) is 0 Å². The molecular formula is CH2FeKNNiO. The monoisotopic (exact) mass is 197 g/mol. The fourth-order valence-corrected chi connectivity index (χ4v) is 0. The number of hydrogen-bond donors (Lipinski definition) is 1. The molecule has 0 fully saturated rings. The van der Waals surface area contributed by atoms with Gasteiger partial charge in [-0.15, -0.1) is 0 Å². The Labute approximate surface area is 99.5 Å². The number of rotatable bonds is 0. The van der Waals surface area contributed by atoms with Gasteiger partial charge in [-0.1, -0.05) is 0 Å². The summed E-state index contributed by atoms with van der Waals surface area (Å²) in [5, 5.41) is 13.8. The van der Waals surface area contributed by atoms with Crippen molar-refractivity contribution in [3.63, 3.8) is 0 Å². The molecule has 5 heteroatoms. The van der Waals surface area contributed by atoms with E-state index in [1.54, 1.807) is 0 Å². The number of aliphatic hydroxyl groups excluding tert-OH is 1. The molecule has 0 radical (unpaired) electrons. The van der Waals surface area contributed by atoms with E-state index < -0.39 is 0 Å². The number of nitrogens with zero attached hydrogens (tertiary/aromatic N) is 1. The maximum atomic E-state index is 6.88. The Bertz CT molecular complexity index is 37.0. The van der Waals surface area contributed by atoms with Crippen molar-refractivity contribution in [2.24, 2.45) is 0 Å². The Kier molecular flexibility index (Phi) is 116. The molecule has 0 aromatic heterocycles. The molecule has 0 bridgehead atoms. The topological polar surface area (TPSA) is 44.0 Å². The van der Waals surface area contributed by atoms with Crippen molar-refractivity contribution < 1.29 is 38.7 Å². The Balaban J connectivity index is -0.00000000667. The third kappa shape index (κ3) is 38.5. The van der Waals surface area contributed by atoms with Crippen molar-refractivity contribution in [1.29, 1.82) is 5.26 Å². The fourth-order valence-electron chi connectivity index (χ4n) is 0. The molecule has 0 heterocycles. The van der Waals surface area contributed by atoms with Crippen LogP contribution in [0.2, 0.25) is 0 Å². The Hall–Kier alpha value is 1.94. The van der Waals surface area contributed by atoms with Gasteiger partial charge in [0, 0.05) is 33.6 Å². The minimum Gasteiger partial charge on any atom is 0 e. The zero-order valence-electron chi connectivity index (χ0n) is 2.06. The Morgan fingerprint density at radius 3 is 1.50 bits per heavy atom. The first kappa shape index (κ1) is 24.6. The summed E-state index contributed by atoms with van der Waals surface area (Å²) < 4.78 is 0. The van der Waals surface area contributed by atoms with Crippen LogP contribution in [0.25, 0.3) is 0 Å². The molecule has 0 amide bonds. The van der Waals surface area contributed by atoms with E-state index in [0.29, 0.717) is 0 Å². The zero-order chi connectivity index (χ0) is 2.71. The molecule has 1 N–H and O–H groups in total. The van der Waals surface area contributed by atoms with Crippen molar-refractivity contribution in [3.05, 3.63) is 0 Å². The van der Waals surface area contributed by atoms with E-state index in [2.05, 4.69) is 0 Å². The molecule has 0 aromatic carbocycles. The van der Waals surface area contributed by atoms with Crippen molar-refractivity contribution in [1.82, 2.24) is 0 Å². The molecule has 0 atom stereocenters. The molecule has 36 valence electrons. The summed E-state index contributed by atoms with van der Waals surface area (Å²) in [6.07, 6.45) is 0.750. The molecule has 0 saturated heterocycles. The van der Waals surface area contributed by atoms with Gasteiger partial charge in [-0.2, -0.15) is 5.26 Å². The number of nitriles is 1. The van der Waals surface area contributed by atoms with Gasteiger partial charge in [-0.05, 0) is 0 Å². The maximum Gasteiger partial charge on any atom is 0 e. The summed E-state index contributed by atoms with van der Waals surface area (Å²) in [5.74, 6) is 0. The third-order valence-electron chi connectivity index (χ3n) is 0. The quantitative estimate of drug-likeness (QED) is 0.408. The first-order valence-corrected chi connectivity index (χ1v) is 0.447. The Morgan fingerprint density at radius 2 is 1.50 bits per heavy atom. The van der Waals surface area contributed by atoms with Crippen molar-refractivity contribution >= 4 is 51.4 Å². The summed E-state index contributed by atoms with van der Waals surface area (Å²) in [6, 6.07) is 0. The second-order valence-electron chi connectivity index (χ2n) is 0.100. The summed E-state index contributed by atoms with van der Waals surface area (Å²) in [4.78, 5) is 0. The van der Waals surface area contributed by atoms with Gasteiger partial charge in [0.05, 0.1) is 0 Å². The second-order valence-corrected chi connectivity index (χ2v) is 0.100. The van der Waals surface area contributed by atoms with Gasteiger partial charge in [-0.25, -0.2) is 0 Å². The van der Waals surface area contributed by atoms with E-state index in [9.17, 15) is 0 Å². The van der Waals surface area contributed by atoms with E-state index in [1.807, 2.05) is 0 Å². The van der Waals surface area contributed by atoms with Crippen molar-refractivity contribution in [2.75, 3.05) is 0 Å². The molecule has 0 aliphatic rings. The summed E-state index contributed by atoms with van der Waals surface area (Å²) >= 11 is 0. The van der Waals surface area contributed by atoms with Gasteiger partial charge < -0.3 is 5.11 Å². The fraction of sp³-hybridized carbons (Fsp3) is 0. The van der Waals surface area contributed by atoms with Crippen LogP contribution < -0.4 is 0 Å². The molecule has 0 aliphatic carbocycles. The summed E-state index contributed by atoms with van der Waals surface area (Å²) in [5.41, 5.74) is 0. The van der Waals surface area contributed by atoms with E-state index in [-0.39, 0.29) is 84.9 Å². The second kappa shape index (κ2) is 28.3. The summed E-state index contributed by atoms with van der Waals surface area (Å²) in [7, 11) is 0. The molecule has 0 spiro atoms. The van der Waals surface area contributed by atoms with Crippen LogP contribution in [0.3, 0.4) is 0 Å². The maximum absolute atomic E-state index is 6.88. The van der Waals surface area contributed by atoms with Crippen LogP contribution >= 0.6 is 0 Å². The van der Waals surface area contributed by atoms with Gasteiger partial charge in [-0.3, -0.25) is 0 Å². The average Bonchev–Trinajstić information content (AvgIpc) is 0.918. The molecule has 2 nitrogen and oxygen atoms in total. The van der Waals surface area contributed by atoms with Gasteiger partial charge in [0.15, 0.2) is 0 Å². The van der Waals surface area contributed by atoms with Crippen molar-refractivity contribution in [3.8, 4) is 6.26 Å². The molecule has 6 heavy (non-hydrogen) atoms. The van der Waals surface area contributed by atoms with Crippen LogP contribution in [-0.4, -0.2) is 56.5 Å². The summed E-state index contributed by atoms with van der Waals surface area (Å²) in [6.45, 7) is 0. The minimum absolute atomic E-state index is 0. The van der Waals surface area contributed by atoms with Crippen LogP contribution in [0.5, 0.6) is 0 Å². The molecule has 0 saturated carbocycles. The average molecular weight is 198 g/mol. The largest absolute Gasteiger partial charge is 0 e. The molecule has 0 unspecified atom stereocenters. The Morgan fingerprint density at radius 1 is 1.50 bits per heavy atom. The first-order valence-electron chi connectivity index (χ1n) is 0.447. The first-order chi connectivity index (χ1) is 1.41. The molecule has 0 rings (SSSR count). The van der Waals surface area contributed by atoms with Crippen molar-refractivity contribution in [2.45, 2.75) is 0 Å². The van der Waals surface area contributed by atoms with Gasteiger partial charge >= 0.3 is 51.4 Å². The predicted molar refractivity (Wildman–Crippen MR) is 14.7 cm³/mol. The number of aliphatic hydroxyl groups is 1. The molecular weight excluding hydrogens is 196 g/mol. The third-order valence-corrected chi connectivity index (χ3v) is 0. The zero-order valence-corrected chi connectivity index (χ0v) is 4.16. The predicted octanol–water partition coefficient (Wildman–Crippen LogP) is -0.814. The smallest absolute Gasteiger partial charge is 0 e. The molecule has 0 aromatic rings. The van der Waals surface area contributed by atoms with E-state index >= 15 is 0 Å². The van der Waals surface area contributed by atoms with Crippen LogP contribution in [0.15, 0.2) is 0 Å². The van der Waals surface area contributed by atoms with Crippen LogP contribution in [-0.2, 0) is 33.6 Å². The SMILES string of the molecule is N#CO.[Fe].[KH].[Ni]. The minimum atomic E-state index is 0. The number of hydrogen-bond acceptors (Lipinski definition) is 2. The molecule has 0 aliphatic heterocycles. The standard InChI is InChI=1S/CHNO.Fe.K.Ni.H/c2-1-3;;;;/h3H;;;;. The van der Waals surface area contributed by atoms with E-state index in [4.69, 9.17) is 10.4 Å². The van der Waals surface area contributed by atoms with Gasteiger partial charge in [0.1, 0.15) is 0 Å². The van der Waals surface area contributed by atoms with Crippen LogP contribution in [0.4, 0.5) is 0 Å². The van der Waals surface area contributed by atoms with E-state index in [0.717, 1.165) is 6.26 Å². The van der Waals surface area contributed by atoms with Gasteiger partial charge in [0.25, 0.3) is 6.26 Å². The van der Waals surface area contributed by atoms with Crippen LogP contribution in [0, 0.1) is 11.5 Å². The van der Waals surface area contributed by atoms with Gasteiger partial charge in [0.2, 0.25) is 0 Å². The normalized spacial score (nSPS) is 1.17.